The number of amides is 2. The highest BCUT2D eigenvalue weighted by atomic mass is 16.5. The van der Waals surface area contributed by atoms with E-state index in [1.165, 1.54) is 11.0 Å². The third-order valence-electron chi connectivity index (χ3n) is 10.5. The number of ketones is 2. The molecule has 4 atom stereocenters. The maximum atomic E-state index is 14.3. The van der Waals surface area contributed by atoms with E-state index in [9.17, 15) is 24.3 Å². The van der Waals surface area contributed by atoms with Gasteiger partial charge < -0.3 is 14.6 Å². The number of imide groups is 1. The molecule has 0 aromatic heterocycles. The summed E-state index contributed by atoms with van der Waals surface area (Å²) in [4.78, 5) is 56.7. The van der Waals surface area contributed by atoms with E-state index in [1.807, 2.05) is 60.7 Å². The minimum absolute atomic E-state index is 0.180. The van der Waals surface area contributed by atoms with Gasteiger partial charge in [0.15, 0.2) is 11.6 Å². The highest BCUT2D eigenvalue weighted by Gasteiger charge is 2.56. The summed E-state index contributed by atoms with van der Waals surface area (Å²) in [6, 6.07) is 16.5. The third-order valence-corrected chi connectivity index (χ3v) is 10.5. The monoisotopic (exact) mass is 655 g/mol. The Bertz CT molecular complexity index is 2060. The highest BCUT2D eigenvalue weighted by molar-refractivity contribution is 6.25. The first kappa shape index (κ1) is 32.1. The largest absolute Gasteiger partial charge is 0.507 e. The number of ether oxygens (including phenoxy) is 2. The Hall–Kier alpha value is -5.50. The van der Waals surface area contributed by atoms with Crippen LogP contribution in [0.1, 0.15) is 53.5 Å². The van der Waals surface area contributed by atoms with Crippen LogP contribution in [0.25, 0.3) is 12.2 Å². The van der Waals surface area contributed by atoms with Crippen LogP contribution in [0.2, 0.25) is 0 Å². The van der Waals surface area contributed by atoms with Crippen molar-refractivity contribution in [1.82, 2.24) is 0 Å². The van der Waals surface area contributed by atoms with Gasteiger partial charge in [-0.2, -0.15) is 0 Å². The molecule has 1 heterocycles. The van der Waals surface area contributed by atoms with Crippen molar-refractivity contribution >= 4 is 41.2 Å². The fourth-order valence-corrected chi connectivity index (χ4v) is 8.04. The number of carbonyl (C=O) groups excluding carboxylic acids is 4. The second-order valence-electron chi connectivity index (χ2n) is 13.3. The lowest BCUT2D eigenvalue weighted by Gasteiger charge is -2.42. The zero-order valence-corrected chi connectivity index (χ0v) is 28.1. The van der Waals surface area contributed by atoms with Crippen molar-refractivity contribution in [3.8, 4) is 17.2 Å². The van der Waals surface area contributed by atoms with Gasteiger partial charge in [0.25, 0.3) is 0 Å². The standard InChI is InChI=1S/C41H37NO7/c1-21-16-26(17-22(2)38(21)44)35-29-13-14-30-36(31(29)20-32-33(43)18-23(3)39(45)37(32)35)41(47)42(40(30)46)27-10-7-24(8-11-27)6-9-25-19-28(48-4)12-15-34(25)49-5/h6-13,15-19,30-31,35-36,44H,14,20H2,1-5H3. The van der Waals surface area contributed by atoms with Crippen LogP contribution in [0.4, 0.5) is 5.69 Å². The number of phenolic OH excluding ortho intramolecular Hbond substituents is 1. The summed E-state index contributed by atoms with van der Waals surface area (Å²) in [5.41, 5.74) is 6.43. The van der Waals surface area contributed by atoms with Crippen LogP contribution in [0, 0.1) is 31.6 Å². The van der Waals surface area contributed by atoms with Crippen LogP contribution < -0.4 is 14.4 Å². The molecule has 49 heavy (non-hydrogen) atoms. The average molecular weight is 656 g/mol. The normalized spacial score (nSPS) is 23.3. The average Bonchev–Trinajstić information content (AvgIpc) is 3.36. The fourth-order valence-electron chi connectivity index (χ4n) is 8.04. The van der Waals surface area contributed by atoms with Crippen molar-refractivity contribution < 1.29 is 33.8 Å². The summed E-state index contributed by atoms with van der Waals surface area (Å²) in [6.07, 6.45) is 7.80. The van der Waals surface area contributed by atoms with E-state index in [4.69, 9.17) is 9.47 Å². The lowest BCUT2D eigenvalue weighted by atomic mass is 9.59. The molecule has 8 heteroatoms. The quantitative estimate of drug-likeness (QED) is 0.134. The molecule has 3 aromatic rings. The molecule has 4 aliphatic rings. The van der Waals surface area contributed by atoms with Crippen LogP contribution >= 0.6 is 0 Å². The van der Waals surface area contributed by atoms with Crippen molar-refractivity contribution in [3.63, 3.8) is 0 Å². The van der Waals surface area contributed by atoms with Crippen molar-refractivity contribution in [1.29, 1.82) is 0 Å². The molecule has 3 aliphatic carbocycles. The molecular weight excluding hydrogens is 618 g/mol. The molecule has 1 aliphatic heterocycles. The number of carbonyl (C=O) groups is 4. The summed E-state index contributed by atoms with van der Waals surface area (Å²) in [5.74, 6) is -1.60. The van der Waals surface area contributed by atoms with Gasteiger partial charge in [0.05, 0.1) is 31.7 Å². The first-order chi connectivity index (χ1) is 23.5. The summed E-state index contributed by atoms with van der Waals surface area (Å²) < 4.78 is 10.8. The maximum Gasteiger partial charge on any atom is 0.238 e. The van der Waals surface area contributed by atoms with Gasteiger partial charge in [0.2, 0.25) is 11.8 Å². The molecule has 0 saturated carbocycles. The second-order valence-corrected chi connectivity index (χ2v) is 13.3. The van der Waals surface area contributed by atoms with Crippen LogP contribution in [-0.4, -0.2) is 42.7 Å². The number of phenols is 1. The third kappa shape index (κ3) is 5.23. The molecule has 8 nitrogen and oxygen atoms in total. The Morgan fingerprint density at radius 3 is 2.22 bits per heavy atom. The molecule has 1 saturated heterocycles. The SMILES string of the molecule is COc1ccc(OC)c(C=Cc2ccc(N3C(=O)C4CC=C5C(c6cc(C)c(O)c(C)c6)C6=C(CC5C4C3=O)C(=O)C=C(C)C6=O)cc2)c1. The van der Waals surface area contributed by atoms with Gasteiger partial charge in [-0.1, -0.05) is 48.1 Å². The maximum absolute atomic E-state index is 14.3. The summed E-state index contributed by atoms with van der Waals surface area (Å²) >= 11 is 0. The second kappa shape index (κ2) is 12.2. The first-order valence-electron chi connectivity index (χ1n) is 16.4. The predicted octanol–water partition coefficient (Wildman–Crippen LogP) is 6.83. The minimum Gasteiger partial charge on any atom is -0.507 e. The number of fused-ring (bicyclic) bond motifs is 3. The number of allylic oxidation sites excluding steroid dienone is 6. The van der Waals surface area contributed by atoms with Gasteiger partial charge in [-0.15, -0.1) is 0 Å². The van der Waals surface area contributed by atoms with Gasteiger partial charge >= 0.3 is 0 Å². The Morgan fingerprint density at radius 1 is 0.837 bits per heavy atom. The highest BCUT2D eigenvalue weighted by Crippen LogP contribution is 2.55. The zero-order valence-electron chi connectivity index (χ0n) is 28.1. The van der Waals surface area contributed by atoms with Gasteiger partial charge in [-0.05, 0) is 98.2 Å². The molecule has 0 radical (unpaired) electrons. The number of nitrogens with zero attached hydrogens (tertiary/aromatic N) is 1. The Balaban J connectivity index is 1.22. The number of aromatic hydroxyl groups is 1. The molecular formula is C41H37NO7. The number of hydrogen-bond donors (Lipinski definition) is 1. The van der Waals surface area contributed by atoms with E-state index in [-0.39, 0.29) is 35.6 Å². The molecule has 4 unspecified atom stereocenters. The molecule has 0 spiro atoms. The number of methoxy groups -OCH3 is 2. The first-order valence-corrected chi connectivity index (χ1v) is 16.4. The van der Waals surface area contributed by atoms with E-state index < -0.39 is 23.7 Å². The van der Waals surface area contributed by atoms with Crippen molar-refractivity contribution in [3.05, 3.63) is 117 Å². The lowest BCUT2D eigenvalue weighted by Crippen LogP contribution is -2.39. The molecule has 248 valence electrons. The molecule has 1 N–H and O–H groups in total. The minimum atomic E-state index is -0.668. The Morgan fingerprint density at radius 2 is 1.55 bits per heavy atom. The number of benzene rings is 3. The number of aryl methyl sites for hydroxylation is 2. The van der Waals surface area contributed by atoms with E-state index in [2.05, 4.69) is 0 Å². The van der Waals surface area contributed by atoms with Crippen molar-refractivity contribution in [2.24, 2.45) is 17.8 Å². The molecule has 3 aromatic carbocycles. The number of Topliss-reactive ketones (excluding diaryl/α,β-unsaturated/α-hetero) is 1. The van der Waals surface area contributed by atoms with Gasteiger partial charge in [0, 0.05) is 28.2 Å². The van der Waals surface area contributed by atoms with Crippen molar-refractivity contribution in [2.45, 2.75) is 39.5 Å². The smallest absolute Gasteiger partial charge is 0.238 e. The Kier molecular flexibility index (Phi) is 7.98. The van der Waals surface area contributed by atoms with Crippen molar-refractivity contribution in [2.75, 3.05) is 19.1 Å². The molecule has 2 amide bonds. The van der Waals surface area contributed by atoms with E-state index in [0.717, 1.165) is 22.3 Å². The van der Waals surface area contributed by atoms with Crippen LogP contribution in [0.3, 0.4) is 0 Å². The van der Waals surface area contributed by atoms with Crippen LogP contribution in [0.15, 0.2) is 89.0 Å². The van der Waals surface area contributed by atoms with Gasteiger partial charge in [0.1, 0.15) is 17.2 Å². The van der Waals surface area contributed by atoms with Crippen LogP contribution in [0.5, 0.6) is 17.2 Å². The molecule has 1 fully saturated rings. The zero-order chi connectivity index (χ0) is 34.7. The lowest BCUT2D eigenvalue weighted by molar-refractivity contribution is -0.123. The molecule has 0 bridgehead atoms. The summed E-state index contributed by atoms with van der Waals surface area (Å²) in [7, 11) is 3.21. The summed E-state index contributed by atoms with van der Waals surface area (Å²) in [6.45, 7) is 5.26. The number of anilines is 1. The van der Waals surface area contributed by atoms with E-state index >= 15 is 0 Å². The van der Waals surface area contributed by atoms with Gasteiger partial charge in [-0.3, -0.25) is 24.1 Å². The van der Waals surface area contributed by atoms with Crippen LogP contribution in [-0.2, 0) is 19.2 Å². The predicted molar refractivity (Wildman–Crippen MR) is 186 cm³/mol. The Labute approximate surface area is 285 Å². The van der Waals surface area contributed by atoms with E-state index in [1.54, 1.807) is 47.1 Å². The molecule has 7 rings (SSSR count). The summed E-state index contributed by atoms with van der Waals surface area (Å²) in [5, 5.41) is 10.5. The number of rotatable bonds is 6. The fraction of sp³-hybridized carbons (Fsp3) is 0.268. The van der Waals surface area contributed by atoms with E-state index in [0.29, 0.717) is 51.5 Å². The number of hydrogen-bond acceptors (Lipinski definition) is 7. The van der Waals surface area contributed by atoms with Gasteiger partial charge in [-0.25, -0.2) is 0 Å². The topological polar surface area (TPSA) is 110 Å².